The van der Waals surface area contributed by atoms with Crippen molar-refractivity contribution >= 4 is 29.9 Å². The van der Waals surface area contributed by atoms with Crippen LogP contribution < -0.4 is 15.4 Å². The van der Waals surface area contributed by atoms with Gasteiger partial charge in [-0.15, -0.1) is 37.1 Å². The summed E-state index contributed by atoms with van der Waals surface area (Å²) in [5, 5.41) is 9.71. The van der Waals surface area contributed by atoms with Crippen LogP contribution in [0.1, 0.15) is 24.2 Å². The van der Waals surface area contributed by atoms with Crippen LogP contribution >= 0.6 is 24.0 Å². The monoisotopic (exact) mass is 485 g/mol. The Balaban J connectivity index is 0.00000338. The van der Waals surface area contributed by atoms with Gasteiger partial charge in [0.05, 0.1) is 13.1 Å². The van der Waals surface area contributed by atoms with Gasteiger partial charge in [0.15, 0.2) is 11.8 Å². The Hall–Kier alpha value is -2.05. The molecule has 0 aliphatic rings. The molecule has 0 unspecified atom stereocenters. The van der Waals surface area contributed by atoms with Crippen LogP contribution in [-0.2, 0) is 13.1 Å². The van der Waals surface area contributed by atoms with Crippen LogP contribution in [0.4, 0.5) is 13.2 Å². The zero-order valence-corrected chi connectivity index (χ0v) is 16.5. The first kappa shape index (κ1) is 22.0. The molecule has 2 aromatic rings. The maximum absolute atomic E-state index is 12.4. The van der Waals surface area contributed by atoms with Crippen molar-refractivity contribution in [3.05, 3.63) is 41.5 Å². The Morgan fingerprint density at radius 3 is 2.62 bits per heavy atom. The standard InChI is InChI=1S/C15H18F3N5O2.HI/c1-3-19-14(21-9-13-22-10(2)25-23-13)20-8-11-6-4-5-7-12(11)24-15(16,17)18;/h4-7H,3,8-9H2,1-2H3,(H2,19,20,21);1H. The second-order valence-corrected chi connectivity index (χ2v) is 4.93. The predicted molar refractivity (Wildman–Crippen MR) is 99.2 cm³/mol. The van der Waals surface area contributed by atoms with Crippen molar-refractivity contribution in [1.82, 2.24) is 20.8 Å². The fourth-order valence-corrected chi connectivity index (χ4v) is 1.94. The summed E-state index contributed by atoms with van der Waals surface area (Å²) in [6.07, 6.45) is -4.75. The van der Waals surface area contributed by atoms with Crippen LogP contribution in [0.25, 0.3) is 0 Å². The minimum Gasteiger partial charge on any atom is -0.405 e. The minimum absolute atomic E-state index is 0. The molecule has 0 bridgehead atoms. The molecule has 0 atom stereocenters. The lowest BCUT2D eigenvalue weighted by Gasteiger charge is -2.13. The Bertz CT molecular complexity index is 721. The van der Waals surface area contributed by atoms with Gasteiger partial charge in [0.1, 0.15) is 5.75 Å². The second-order valence-electron chi connectivity index (χ2n) is 4.93. The molecule has 2 rings (SSSR count). The molecule has 0 saturated heterocycles. The van der Waals surface area contributed by atoms with Gasteiger partial charge in [-0.2, -0.15) is 4.98 Å². The van der Waals surface area contributed by atoms with Crippen LogP contribution in [0.15, 0.2) is 33.8 Å². The number of benzene rings is 1. The summed E-state index contributed by atoms with van der Waals surface area (Å²) in [4.78, 5) is 8.30. The number of rotatable bonds is 6. The molecule has 2 N–H and O–H groups in total. The maximum Gasteiger partial charge on any atom is 0.573 e. The Morgan fingerprint density at radius 1 is 1.27 bits per heavy atom. The molecule has 0 aliphatic heterocycles. The smallest absolute Gasteiger partial charge is 0.405 e. The van der Waals surface area contributed by atoms with Gasteiger partial charge in [0.25, 0.3) is 0 Å². The predicted octanol–water partition coefficient (Wildman–Crippen LogP) is 3.15. The Labute approximate surface area is 165 Å². The van der Waals surface area contributed by atoms with E-state index < -0.39 is 6.36 Å². The number of alkyl halides is 3. The summed E-state index contributed by atoms with van der Waals surface area (Å²) in [6.45, 7) is 4.40. The van der Waals surface area contributed by atoms with Crippen molar-refractivity contribution in [1.29, 1.82) is 0 Å². The molecule has 1 aromatic carbocycles. The molecule has 144 valence electrons. The number of halogens is 4. The average molecular weight is 485 g/mol. The zero-order valence-electron chi connectivity index (χ0n) is 14.1. The normalized spacial score (nSPS) is 11.7. The van der Waals surface area contributed by atoms with E-state index in [2.05, 4.69) is 30.5 Å². The number of aromatic nitrogens is 2. The molecule has 0 saturated carbocycles. The highest BCUT2D eigenvalue weighted by molar-refractivity contribution is 14.0. The molecular weight excluding hydrogens is 466 g/mol. The number of nitrogens with one attached hydrogen (secondary N) is 2. The highest BCUT2D eigenvalue weighted by atomic mass is 127. The summed E-state index contributed by atoms with van der Waals surface area (Å²) in [5.41, 5.74) is 0.312. The highest BCUT2D eigenvalue weighted by Crippen LogP contribution is 2.26. The van der Waals surface area contributed by atoms with Gasteiger partial charge in [-0.05, 0) is 13.0 Å². The summed E-state index contributed by atoms with van der Waals surface area (Å²) < 4.78 is 46.2. The van der Waals surface area contributed by atoms with E-state index in [9.17, 15) is 13.2 Å². The fourth-order valence-electron chi connectivity index (χ4n) is 1.94. The molecule has 7 nitrogen and oxygen atoms in total. The van der Waals surface area contributed by atoms with Crippen LogP contribution in [0.5, 0.6) is 5.75 Å². The third kappa shape index (κ3) is 7.45. The lowest BCUT2D eigenvalue weighted by Crippen LogP contribution is -2.37. The molecule has 26 heavy (non-hydrogen) atoms. The van der Waals surface area contributed by atoms with Gasteiger partial charge >= 0.3 is 6.36 Å². The van der Waals surface area contributed by atoms with E-state index in [-0.39, 0.29) is 42.8 Å². The van der Waals surface area contributed by atoms with E-state index >= 15 is 0 Å². The fraction of sp³-hybridized carbons (Fsp3) is 0.400. The van der Waals surface area contributed by atoms with E-state index in [1.807, 2.05) is 6.92 Å². The first-order chi connectivity index (χ1) is 11.9. The van der Waals surface area contributed by atoms with E-state index in [1.54, 1.807) is 13.0 Å². The quantitative estimate of drug-likeness (QED) is 0.372. The minimum atomic E-state index is -4.75. The molecule has 1 aromatic heterocycles. The van der Waals surface area contributed by atoms with Crippen molar-refractivity contribution < 1.29 is 22.4 Å². The highest BCUT2D eigenvalue weighted by Gasteiger charge is 2.31. The molecule has 0 spiro atoms. The van der Waals surface area contributed by atoms with Crippen molar-refractivity contribution in [3.63, 3.8) is 0 Å². The molecule has 0 radical (unpaired) electrons. The molecule has 0 fully saturated rings. The maximum atomic E-state index is 12.4. The Morgan fingerprint density at radius 2 is 2.00 bits per heavy atom. The largest absolute Gasteiger partial charge is 0.573 e. The molecule has 0 aliphatic carbocycles. The lowest BCUT2D eigenvalue weighted by molar-refractivity contribution is -0.274. The zero-order chi connectivity index (χ0) is 18.3. The number of guanidine groups is 1. The van der Waals surface area contributed by atoms with Crippen molar-refractivity contribution in [3.8, 4) is 5.75 Å². The summed E-state index contributed by atoms with van der Waals surface area (Å²) in [7, 11) is 0. The number of hydrogen-bond donors (Lipinski definition) is 2. The molecule has 0 amide bonds. The number of ether oxygens (including phenoxy) is 1. The number of aliphatic imine (C=N–C) groups is 1. The van der Waals surface area contributed by atoms with Crippen LogP contribution in [-0.4, -0.2) is 29.0 Å². The summed E-state index contributed by atoms with van der Waals surface area (Å²) in [6, 6.07) is 5.87. The SMILES string of the molecule is CCNC(=NCc1ccccc1OC(F)(F)F)NCc1noc(C)n1.I. The first-order valence-electron chi connectivity index (χ1n) is 7.52. The van der Waals surface area contributed by atoms with Crippen LogP contribution in [0.3, 0.4) is 0 Å². The molecule has 1 heterocycles. The number of nitrogens with zero attached hydrogens (tertiary/aromatic N) is 3. The van der Waals surface area contributed by atoms with Gasteiger partial charge in [-0.25, -0.2) is 4.99 Å². The average Bonchev–Trinajstić information content (AvgIpc) is 2.95. The van der Waals surface area contributed by atoms with Crippen molar-refractivity contribution in [2.24, 2.45) is 4.99 Å². The van der Waals surface area contributed by atoms with Crippen LogP contribution in [0, 0.1) is 6.92 Å². The topological polar surface area (TPSA) is 84.6 Å². The third-order valence-corrected chi connectivity index (χ3v) is 2.93. The van der Waals surface area contributed by atoms with E-state index in [0.29, 0.717) is 29.8 Å². The van der Waals surface area contributed by atoms with Gasteiger partial charge in [0.2, 0.25) is 5.89 Å². The van der Waals surface area contributed by atoms with Gasteiger partial charge in [0, 0.05) is 19.0 Å². The van der Waals surface area contributed by atoms with Crippen molar-refractivity contribution in [2.75, 3.05) is 6.54 Å². The first-order valence-corrected chi connectivity index (χ1v) is 7.52. The lowest BCUT2D eigenvalue weighted by atomic mass is 10.2. The van der Waals surface area contributed by atoms with E-state index in [4.69, 9.17) is 4.52 Å². The number of aryl methyl sites for hydroxylation is 1. The number of hydrogen-bond acceptors (Lipinski definition) is 5. The molecular formula is C15H19F3IN5O2. The summed E-state index contributed by atoms with van der Waals surface area (Å²) in [5.74, 6) is 1.02. The van der Waals surface area contributed by atoms with Gasteiger partial charge in [-0.3, -0.25) is 0 Å². The van der Waals surface area contributed by atoms with Crippen molar-refractivity contribution in [2.45, 2.75) is 33.3 Å². The number of para-hydroxylation sites is 1. The Kier molecular flexibility index (Phi) is 8.61. The van der Waals surface area contributed by atoms with Gasteiger partial charge in [-0.1, -0.05) is 23.4 Å². The molecule has 11 heteroatoms. The van der Waals surface area contributed by atoms with E-state index in [1.165, 1.54) is 18.2 Å². The van der Waals surface area contributed by atoms with Crippen LogP contribution in [0.2, 0.25) is 0 Å². The summed E-state index contributed by atoms with van der Waals surface area (Å²) >= 11 is 0. The third-order valence-electron chi connectivity index (χ3n) is 2.93. The van der Waals surface area contributed by atoms with E-state index in [0.717, 1.165) is 0 Å². The van der Waals surface area contributed by atoms with Gasteiger partial charge < -0.3 is 19.9 Å². The second kappa shape index (κ2) is 10.2.